The zero-order valence-electron chi connectivity index (χ0n) is 22.8. The molecule has 0 radical (unpaired) electrons. The third kappa shape index (κ3) is 3.66. The normalized spacial score (nSPS) is 11.5. The van der Waals surface area contributed by atoms with E-state index < -0.39 is 0 Å². The minimum absolute atomic E-state index is 0.162. The van der Waals surface area contributed by atoms with Crippen LogP contribution < -0.4 is 0 Å². The summed E-state index contributed by atoms with van der Waals surface area (Å²) in [5, 5.41) is 32.3. The van der Waals surface area contributed by atoms with Gasteiger partial charge in [-0.2, -0.15) is 0 Å². The van der Waals surface area contributed by atoms with Crippen molar-refractivity contribution < 1.29 is 10.2 Å². The van der Waals surface area contributed by atoms with Crippen molar-refractivity contribution >= 4 is 43.1 Å². The molecule has 0 amide bonds. The molecule has 0 spiro atoms. The van der Waals surface area contributed by atoms with Crippen molar-refractivity contribution in [1.29, 1.82) is 0 Å². The molecule has 0 atom stereocenters. The van der Waals surface area contributed by atoms with E-state index in [1.165, 1.54) is 0 Å². The Morgan fingerprint density at radius 1 is 0.333 bits per heavy atom. The van der Waals surface area contributed by atoms with Gasteiger partial charge in [0.05, 0.1) is 0 Å². The van der Waals surface area contributed by atoms with Gasteiger partial charge in [-0.15, -0.1) is 0 Å². The van der Waals surface area contributed by atoms with Crippen molar-refractivity contribution in [3.8, 4) is 44.9 Å². The highest BCUT2D eigenvalue weighted by Gasteiger charge is 2.25. The molecule has 0 fully saturated rings. The lowest BCUT2D eigenvalue weighted by Gasteiger charge is -2.22. The van der Waals surface area contributed by atoms with Crippen molar-refractivity contribution in [1.82, 2.24) is 0 Å². The standard InChI is InChI=1S/C40H26O2/c41-39-35-29(21-19-27-15-7-9-17-31(27)35)23-33(25-11-3-1-4-12-25)37(39)38-34(26-13-5-2-6-14-26)24-30-22-20-28-16-8-10-18-32(28)36(30)40(38)42/h1-24,41-42H. The number of benzene rings is 8. The van der Waals surface area contributed by atoms with Crippen LogP contribution in [0.15, 0.2) is 146 Å². The van der Waals surface area contributed by atoms with Crippen molar-refractivity contribution in [2.24, 2.45) is 0 Å². The fourth-order valence-corrected chi connectivity index (χ4v) is 6.50. The van der Waals surface area contributed by atoms with Gasteiger partial charge in [0.1, 0.15) is 11.5 Å². The molecule has 0 unspecified atom stereocenters. The van der Waals surface area contributed by atoms with Crippen LogP contribution in [0.25, 0.3) is 76.5 Å². The highest BCUT2D eigenvalue weighted by atomic mass is 16.3. The molecule has 8 aromatic carbocycles. The molecule has 42 heavy (non-hydrogen) atoms. The van der Waals surface area contributed by atoms with Crippen LogP contribution in [0, 0.1) is 0 Å². The Labute approximate surface area is 243 Å². The number of hydrogen-bond donors (Lipinski definition) is 2. The average molecular weight is 539 g/mol. The Morgan fingerprint density at radius 3 is 1.12 bits per heavy atom. The average Bonchev–Trinajstić information content (AvgIpc) is 3.05. The third-order valence-electron chi connectivity index (χ3n) is 8.43. The van der Waals surface area contributed by atoms with Crippen molar-refractivity contribution in [3.63, 3.8) is 0 Å². The zero-order valence-corrected chi connectivity index (χ0v) is 22.8. The first-order valence-corrected chi connectivity index (χ1v) is 14.1. The summed E-state index contributed by atoms with van der Waals surface area (Å²) in [4.78, 5) is 0. The molecule has 2 nitrogen and oxygen atoms in total. The van der Waals surface area contributed by atoms with Gasteiger partial charge in [-0.3, -0.25) is 0 Å². The van der Waals surface area contributed by atoms with Crippen LogP contribution in [0.2, 0.25) is 0 Å². The lowest BCUT2D eigenvalue weighted by atomic mass is 9.83. The molecule has 0 aromatic heterocycles. The van der Waals surface area contributed by atoms with Gasteiger partial charge in [-0.25, -0.2) is 0 Å². The summed E-state index contributed by atoms with van der Waals surface area (Å²) in [6.07, 6.45) is 0. The summed E-state index contributed by atoms with van der Waals surface area (Å²) in [6.45, 7) is 0. The van der Waals surface area contributed by atoms with E-state index in [0.29, 0.717) is 11.1 Å². The molecule has 0 bridgehead atoms. The number of aromatic hydroxyl groups is 2. The first kappa shape index (κ1) is 24.2. The summed E-state index contributed by atoms with van der Waals surface area (Å²) in [5.41, 5.74) is 4.90. The molecule has 2 N–H and O–H groups in total. The van der Waals surface area contributed by atoms with Gasteiger partial charge in [-0.05, 0) is 66.7 Å². The topological polar surface area (TPSA) is 40.5 Å². The van der Waals surface area contributed by atoms with Gasteiger partial charge in [-0.1, -0.05) is 133 Å². The second-order valence-corrected chi connectivity index (χ2v) is 10.8. The minimum atomic E-state index is 0.162. The minimum Gasteiger partial charge on any atom is -0.507 e. The summed E-state index contributed by atoms with van der Waals surface area (Å²) < 4.78 is 0. The van der Waals surface area contributed by atoms with Crippen LogP contribution in [0.4, 0.5) is 0 Å². The van der Waals surface area contributed by atoms with E-state index in [2.05, 4.69) is 84.9 Å². The number of rotatable bonds is 3. The van der Waals surface area contributed by atoms with Crippen molar-refractivity contribution in [2.75, 3.05) is 0 Å². The van der Waals surface area contributed by atoms with E-state index >= 15 is 0 Å². The predicted molar refractivity (Wildman–Crippen MR) is 176 cm³/mol. The fourth-order valence-electron chi connectivity index (χ4n) is 6.50. The number of fused-ring (bicyclic) bond motifs is 6. The quantitative estimate of drug-likeness (QED) is 0.220. The van der Waals surface area contributed by atoms with E-state index in [0.717, 1.165) is 65.3 Å². The highest BCUT2D eigenvalue weighted by Crippen LogP contribution is 2.53. The summed E-state index contributed by atoms with van der Waals surface area (Å²) in [7, 11) is 0. The molecule has 0 aliphatic carbocycles. The number of phenols is 2. The van der Waals surface area contributed by atoms with Crippen LogP contribution in [-0.4, -0.2) is 10.2 Å². The lowest BCUT2D eigenvalue weighted by Crippen LogP contribution is -1.94. The first-order chi connectivity index (χ1) is 20.7. The van der Waals surface area contributed by atoms with Crippen LogP contribution in [0.3, 0.4) is 0 Å². The number of phenolic OH excluding ortho intramolecular Hbond substituents is 2. The fraction of sp³-hybridized carbons (Fsp3) is 0. The van der Waals surface area contributed by atoms with E-state index in [-0.39, 0.29) is 11.5 Å². The molecule has 2 heteroatoms. The Hall–Kier alpha value is -5.60. The number of hydrogen-bond acceptors (Lipinski definition) is 2. The summed E-state index contributed by atoms with van der Waals surface area (Å²) in [5.74, 6) is 0.324. The van der Waals surface area contributed by atoms with Crippen molar-refractivity contribution in [2.45, 2.75) is 0 Å². The van der Waals surface area contributed by atoms with E-state index in [1.807, 2.05) is 60.7 Å². The largest absolute Gasteiger partial charge is 0.507 e. The SMILES string of the molecule is Oc1c(-c2c(-c3ccccc3)cc3ccc4ccccc4c3c2O)c(-c2ccccc2)cc2ccc3ccccc3c12. The molecule has 0 saturated carbocycles. The van der Waals surface area contributed by atoms with Gasteiger partial charge in [0.25, 0.3) is 0 Å². The monoisotopic (exact) mass is 538 g/mol. The van der Waals surface area contributed by atoms with Gasteiger partial charge in [0, 0.05) is 21.9 Å². The molecule has 0 saturated heterocycles. The highest BCUT2D eigenvalue weighted by molar-refractivity contribution is 6.20. The zero-order chi connectivity index (χ0) is 28.2. The molecule has 8 aromatic rings. The Kier molecular flexibility index (Phi) is 5.48. The molecule has 8 rings (SSSR count). The molecule has 0 heterocycles. The second-order valence-electron chi connectivity index (χ2n) is 10.8. The predicted octanol–water partition coefficient (Wildman–Crippen LogP) is 10.7. The maximum atomic E-state index is 12.4. The van der Waals surface area contributed by atoms with E-state index in [1.54, 1.807) is 0 Å². The third-order valence-corrected chi connectivity index (χ3v) is 8.43. The summed E-state index contributed by atoms with van der Waals surface area (Å²) >= 11 is 0. The van der Waals surface area contributed by atoms with Crippen LogP contribution in [0.5, 0.6) is 11.5 Å². The van der Waals surface area contributed by atoms with Crippen LogP contribution >= 0.6 is 0 Å². The lowest BCUT2D eigenvalue weighted by molar-refractivity contribution is 0.476. The Balaban J connectivity index is 1.61. The van der Waals surface area contributed by atoms with Gasteiger partial charge in [0.15, 0.2) is 0 Å². The van der Waals surface area contributed by atoms with Crippen LogP contribution in [-0.2, 0) is 0 Å². The van der Waals surface area contributed by atoms with Crippen molar-refractivity contribution in [3.05, 3.63) is 146 Å². The molecule has 0 aliphatic rings. The van der Waals surface area contributed by atoms with Gasteiger partial charge in [0.2, 0.25) is 0 Å². The summed E-state index contributed by atoms with van der Waals surface area (Å²) in [6, 6.07) is 49.1. The molecule has 198 valence electrons. The van der Waals surface area contributed by atoms with E-state index in [4.69, 9.17) is 0 Å². The molecular formula is C40H26O2. The maximum absolute atomic E-state index is 12.4. The second kappa shape index (κ2) is 9.50. The first-order valence-electron chi connectivity index (χ1n) is 14.1. The smallest absolute Gasteiger partial charge is 0.132 e. The van der Waals surface area contributed by atoms with Gasteiger partial charge >= 0.3 is 0 Å². The Morgan fingerprint density at radius 2 is 0.690 bits per heavy atom. The molecular weight excluding hydrogens is 512 g/mol. The van der Waals surface area contributed by atoms with E-state index in [9.17, 15) is 10.2 Å². The maximum Gasteiger partial charge on any atom is 0.132 e. The molecule has 0 aliphatic heterocycles. The Bertz CT molecular complexity index is 2140. The van der Waals surface area contributed by atoms with Crippen LogP contribution in [0.1, 0.15) is 0 Å². The van der Waals surface area contributed by atoms with Gasteiger partial charge < -0.3 is 10.2 Å².